The van der Waals surface area contributed by atoms with E-state index < -0.39 is 5.97 Å². The van der Waals surface area contributed by atoms with E-state index in [1.54, 1.807) is 30.5 Å². The van der Waals surface area contributed by atoms with Crippen molar-refractivity contribution in [1.29, 1.82) is 0 Å². The predicted octanol–water partition coefficient (Wildman–Crippen LogP) is 5.65. The van der Waals surface area contributed by atoms with Crippen LogP contribution in [0, 0.1) is 0 Å². The highest BCUT2D eigenvalue weighted by atomic mass is 32.1. The number of thiophene rings is 1. The first-order valence-corrected chi connectivity index (χ1v) is 13.5. The molecule has 1 heterocycles. The molecule has 0 bridgehead atoms. The number of aliphatic imine (C=N–C) groups is 1. The van der Waals surface area contributed by atoms with Gasteiger partial charge in [-0.05, 0) is 74.4 Å². The van der Waals surface area contributed by atoms with Gasteiger partial charge in [0.15, 0.2) is 18.1 Å². The smallest absolute Gasteiger partial charge is 0.344 e. The number of nitrogens with zero attached hydrogens (tertiary/aromatic N) is 1. The Bertz CT molecular complexity index is 1250. The lowest BCUT2D eigenvalue weighted by Crippen LogP contribution is -2.24. The van der Waals surface area contributed by atoms with Gasteiger partial charge in [0, 0.05) is 17.6 Å². The summed E-state index contributed by atoms with van der Waals surface area (Å²) in [4.78, 5) is 31.0. The fourth-order valence-electron chi connectivity index (χ4n) is 4.21. The highest BCUT2D eigenvalue weighted by Gasteiger charge is 2.25. The Kier molecular flexibility index (Phi) is 9.32. The van der Waals surface area contributed by atoms with Crippen molar-refractivity contribution in [2.75, 3.05) is 19.8 Å². The third-order valence-electron chi connectivity index (χ3n) is 5.93. The van der Waals surface area contributed by atoms with Crippen molar-refractivity contribution in [2.24, 2.45) is 4.99 Å². The average Bonchev–Trinajstić information content (AvgIpc) is 3.29. The van der Waals surface area contributed by atoms with Crippen LogP contribution in [0.2, 0.25) is 0 Å². The molecule has 0 saturated heterocycles. The molecule has 0 radical (unpaired) electrons. The molecule has 0 fully saturated rings. The second kappa shape index (κ2) is 13.1. The summed E-state index contributed by atoms with van der Waals surface area (Å²) >= 11 is 1.60. The van der Waals surface area contributed by atoms with Gasteiger partial charge in [-0.25, -0.2) is 9.79 Å². The van der Waals surface area contributed by atoms with Crippen LogP contribution in [0.1, 0.15) is 58.6 Å². The zero-order chi connectivity index (χ0) is 26.0. The van der Waals surface area contributed by atoms with Crippen molar-refractivity contribution in [3.63, 3.8) is 0 Å². The molecule has 0 unspecified atom stereocenters. The van der Waals surface area contributed by atoms with Crippen LogP contribution in [0.25, 0.3) is 0 Å². The predicted molar refractivity (Wildman–Crippen MR) is 146 cm³/mol. The number of rotatable bonds is 11. The number of carbonyl (C=O) groups is 2. The molecule has 3 aromatic rings. The maximum atomic E-state index is 13.3. The molecule has 2 aromatic carbocycles. The van der Waals surface area contributed by atoms with E-state index in [1.165, 1.54) is 4.88 Å². The minimum atomic E-state index is -0.435. The lowest BCUT2D eigenvalue weighted by atomic mass is 9.95. The molecule has 1 aromatic heterocycles. The summed E-state index contributed by atoms with van der Waals surface area (Å²) in [7, 11) is 0. The molecule has 0 aliphatic heterocycles. The number of hydrogen-bond acceptors (Lipinski definition) is 7. The first kappa shape index (κ1) is 26.4. The molecule has 1 amide bonds. The largest absolute Gasteiger partial charge is 0.490 e. The number of amides is 1. The van der Waals surface area contributed by atoms with Crippen molar-refractivity contribution in [2.45, 2.75) is 46.1 Å². The quantitative estimate of drug-likeness (QED) is 0.261. The Balaban J connectivity index is 1.54. The third kappa shape index (κ3) is 6.98. The van der Waals surface area contributed by atoms with Gasteiger partial charge in [0.25, 0.3) is 5.91 Å². The zero-order valence-electron chi connectivity index (χ0n) is 21.2. The number of nitrogens with one attached hydrogen (secondary N) is 1. The molecular weight excluding hydrogens is 488 g/mol. The van der Waals surface area contributed by atoms with Crippen LogP contribution in [0.5, 0.6) is 11.5 Å². The average molecular weight is 521 g/mol. The maximum Gasteiger partial charge on any atom is 0.344 e. The summed E-state index contributed by atoms with van der Waals surface area (Å²) in [5.41, 5.74) is 3.67. The SMILES string of the molecule is CCOC(=O)COc1ccc(/C=N\c2sc3c(c2C(=O)NCc2ccccc2)CCCC3)cc1OCC. The summed E-state index contributed by atoms with van der Waals surface area (Å²) in [5, 5.41) is 3.80. The minimum Gasteiger partial charge on any atom is -0.490 e. The first-order chi connectivity index (χ1) is 18.1. The van der Waals surface area contributed by atoms with Crippen molar-refractivity contribution in [1.82, 2.24) is 5.32 Å². The van der Waals surface area contributed by atoms with Crippen LogP contribution >= 0.6 is 11.3 Å². The van der Waals surface area contributed by atoms with Crippen LogP contribution in [-0.2, 0) is 28.9 Å². The monoisotopic (exact) mass is 520 g/mol. The Morgan fingerprint density at radius 3 is 2.59 bits per heavy atom. The summed E-state index contributed by atoms with van der Waals surface area (Å²) in [6.07, 6.45) is 5.83. The number of ether oxygens (including phenoxy) is 3. The Hall–Kier alpha value is -3.65. The number of benzene rings is 2. The van der Waals surface area contributed by atoms with Gasteiger partial charge in [-0.15, -0.1) is 11.3 Å². The van der Waals surface area contributed by atoms with E-state index in [1.807, 2.05) is 49.4 Å². The highest BCUT2D eigenvalue weighted by molar-refractivity contribution is 7.16. The van der Waals surface area contributed by atoms with E-state index in [9.17, 15) is 9.59 Å². The van der Waals surface area contributed by atoms with Gasteiger partial charge in [-0.3, -0.25) is 4.79 Å². The number of hydrogen-bond donors (Lipinski definition) is 1. The van der Waals surface area contributed by atoms with Crippen molar-refractivity contribution in [3.05, 3.63) is 75.7 Å². The zero-order valence-corrected chi connectivity index (χ0v) is 22.1. The van der Waals surface area contributed by atoms with Crippen LogP contribution < -0.4 is 14.8 Å². The third-order valence-corrected chi connectivity index (χ3v) is 7.12. The van der Waals surface area contributed by atoms with Crippen molar-refractivity contribution in [3.8, 4) is 11.5 Å². The van der Waals surface area contributed by atoms with E-state index in [0.717, 1.165) is 47.4 Å². The van der Waals surface area contributed by atoms with Gasteiger partial charge in [0.1, 0.15) is 5.00 Å². The van der Waals surface area contributed by atoms with E-state index in [-0.39, 0.29) is 12.5 Å². The maximum absolute atomic E-state index is 13.3. The fourth-order valence-corrected chi connectivity index (χ4v) is 5.44. The second-order valence-corrected chi connectivity index (χ2v) is 9.63. The second-order valence-electron chi connectivity index (χ2n) is 8.55. The number of carbonyl (C=O) groups excluding carboxylic acids is 2. The van der Waals surface area contributed by atoms with Gasteiger partial charge < -0.3 is 19.5 Å². The van der Waals surface area contributed by atoms with E-state index >= 15 is 0 Å². The van der Waals surface area contributed by atoms with Crippen LogP contribution in [0.3, 0.4) is 0 Å². The van der Waals surface area contributed by atoms with E-state index in [2.05, 4.69) is 5.32 Å². The molecule has 1 aliphatic rings. The fraction of sp³-hybridized carbons (Fsp3) is 0.345. The standard InChI is InChI=1S/C29H32N2O5S/c1-3-34-24-16-21(14-15-23(24)36-19-26(32)35-4-2)18-31-29-27(22-12-8-9-13-25(22)37-29)28(33)30-17-20-10-6-5-7-11-20/h5-7,10-11,14-16,18H,3-4,8-9,12-13,17,19H2,1-2H3,(H,30,33)/b31-18-. The molecular formula is C29H32N2O5S. The van der Waals surface area contributed by atoms with Gasteiger partial charge in [-0.2, -0.15) is 0 Å². The van der Waals surface area contributed by atoms with Crippen LogP contribution in [0.4, 0.5) is 5.00 Å². The molecule has 0 atom stereocenters. The molecule has 1 aliphatic carbocycles. The normalized spacial score (nSPS) is 12.7. The molecule has 7 nitrogen and oxygen atoms in total. The van der Waals surface area contributed by atoms with Crippen LogP contribution in [0.15, 0.2) is 53.5 Å². The van der Waals surface area contributed by atoms with Gasteiger partial charge >= 0.3 is 5.97 Å². The lowest BCUT2D eigenvalue weighted by molar-refractivity contribution is -0.145. The van der Waals surface area contributed by atoms with Crippen molar-refractivity contribution < 1.29 is 23.8 Å². The molecule has 37 heavy (non-hydrogen) atoms. The summed E-state index contributed by atoms with van der Waals surface area (Å²) in [5.74, 6) is 0.449. The van der Waals surface area contributed by atoms with Crippen LogP contribution in [-0.4, -0.2) is 37.9 Å². The summed E-state index contributed by atoms with van der Waals surface area (Å²) < 4.78 is 16.2. The summed E-state index contributed by atoms with van der Waals surface area (Å²) in [6.45, 7) is 4.66. The summed E-state index contributed by atoms with van der Waals surface area (Å²) in [6, 6.07) is 15.3. The number of esters is 1. The number of aryl methyl sites for hydroxylation is 1. The van der Waals surface area contributed by atoms with Crippen molar-refractivity contribution >= 4 is 34.4 Å². The lowest BCUT2D eigenvalue weighted by Gasteiger charge is -2.13. The van der Waals surface area contributed by atoms with E-state index in [4.69, 9.17) is 19.2 Å². The van der Waals surface area contributed by atoms with Gasteiger partial charge in [0.2, 0.25) is 0 Å². The molecule has 0 saturated carbocycles. The topological polar surface area (TPSA) is 86.2 Å². The molecule has 8 heteroatoms. The minimum absolute atomic E-state index is 0.0897. The Morgan fingerprint density at radius 1 is 1.00 bits per heavy atom. The Labute approximate surface area is 221 Å². The molecule has 194 valence electrons. The number of fused-ring (bicyclic) bond motifs is 1. The van der Waals surface area contributed by atoms with E-state index in [0.29, 0.717) is 36.8 Å². The molecule has 4 rings (SSSR count). The Morgan fingerprint density at radius 2 is 1.81 bits per heavy atom. The molecule has 1 N–H and O–H groups in total. The first-order valence-electron chi connectivity index (χ1n) is 12.6. The highest BCUT2D eigenvalue weighted by Crippen LogP contribution is 2.40. The van der Waals surface area contributed by atoms with Gasteiger partial charge in [-0.1, -0.05) is 30.3 Å². The van der Waals surface area contributed by atoms with Gasteiger partial charge in [0.05, 0.1) is 18.8 Å². The molecule has 0 spiro atoms.